The zero-order valence-electron chi connectivity index (χ0n) is 21.2. The van der Waals surface area contributed by atoms with Crippen LogP contribution < -0.4 is 14.2 Å². The summed E-state index contributed by atoms with van der Waals surface area (Å²) in [5.74, 6) is -0.470. The fourth-order valence-electron chi connectivity index (χ4n) is 5.91. The van der Waals surface area contributed by atoms with Crippen molar-refractivity contribution < 1.29 is 33.2 Å². The molecule has 38 heavy (non-hydrogen) atoms. The van der Waals surface area contributed by atoms with Crippen LogP contribution in [0.1, 0.15) is 53.9 Å². The van der Waals surface area contributed by atoms with Crippen LogP contribution >= 0.6 is 0 Å². The van der Waals surface area contributed by atoms with E-state index in [2.05, 4.69) is 12.1 Å². The zero-order valence-corrected chi connectivity index (χ0v) is 21.2. The van der Waals surface area contributed by atoms with Crippen LogP contribution in [0.4, 0.5) is 4.39 Å². The molecule has 2 aliphatic heterocycles. The van der Waals surface area contributed by atoms with E-state index in [1.807, 2.05) is 24.3 Å². The second-order valence-corrected chi connectivity index (χ2v) is 10.4. The van der Waals surface area contributed by atoms with Gasteiger partial charge in [-0.15, -0.1) is 0 Å². The lowest BCUT2D eigenvalue weighted by atomic mass is 9.92. The number of carboxylic acid groups (broad SMARTS) is 1. The minimum Gasteiger partial charge on any atom is -0.492 e. The summed E-state index contributed by atoms with van der Waals surface area (Å²) in [6.45, 7) is 1.96. The SMILES string of the molecule is O=C(O)C[C@@H]1COc2cc(O[C@]3(Oc4ccc(CC5CCOCC5)cc4)CCc4cccc(F)c43)ccc21. The molecule has 1 saturated heterocycles. The van der Waals surface area contributed by atoms with Gasteiger partial charge in [0.15, 0.2) is 0 Å². The number of aryl methyl sites for hydroxylation is 1. The fourth-order valence-corrected chi connectivity index (χ4v) is 5.91. The topological polar surface area (TPSA) is 74.2 Å². The van der Waals surface area contributed by atoms with E-state index >= 15 is 4.39 Å². The summed E-state index contributed by atoms with van der Waals surface area (Å²) < 4.78 is 39.5. The van der Waals surface area contributed by atoms with Crippen LogP contribution in [0.2, 0.25) is 0 Å². The number of benzene rings is 3. The summed E-state index contributed by atoms with van der Waals surface area (Å²) in [7, 11) is 0. The molecule has 6 rings (SSSR count). The number of hydrogen-bond donors (Lipinski definition) is 1. The first-order valence-electron chi connectivity index (χ1n) is 13.3. The van der Waals surface area contributed by atoms with E-state index in [4.69, 9.17) is 18.9 Å². The maximum Gasteiger partial charge on any atom is 0.304 e. The highest BCUT2D eigenvalue weighted by molar-refractivity contribution is 5.68. The molecule has 0 bridgehead atoms. The second kappa shape index (κ2) is 10.3. The van der Waals surface area contributed by atoms with Crippen LogP contribution in [0, 0.1) is 11.7 Å². The number of aliphatic carboxylic acids is 1. The van der Waals surface area contributed by atoms with E-state index in [0.717, 1.165) is 43.6 Å². The van der Waals surface area contributed by atoms with Crippen molar-refractivity contribution in [2.24, 2.45) is 5.92 Å². The molecule has 0 amide bonds. The van der Waals surface area contributed by atoms with Gasteiger partial charge in [-0.1, -0.05) is 30.3 Å². The van der Waals surface area contributed by atoms with Gasteiger partial charge in [-0.2, -0.15) is 0 Å². The van der Waals surface area contributed by atoms with Gasteiger partial charge in [-0.25, -0.2) is 4.39 Å². The summed E-state index contributed by atoms with van der Waals surface area (Å²) in [6.07, 6.45) is 4.23. The summed E-state index contributed by atoms with van der Waals surface area (Å²) in [4.78, 5) is 11.2. The quantitative estimate of drug-likeness (QED) is 0.369. The van der Waals surface area contributed by atoms with Gasteiger partial charge in [0, 0.05) is 37.2 Å². The van der Waals surface area contributed by atoms with Gasteiger partial charge in [0.25, 0.3) is 5.79 Å². The maximum absolute atomic E-state index is 15.3. The standard InChI is InChI=1S/C31H31FO6/c32-27-3-1-2-22-10-13-31(30(22)27,37-24-6-4-20(5-7-24)16-21-11-14-35-15-12-21)38-25-8-9-26-23(17-29(33)34)19-36-28(26)18-25/h1-9,18,21,23H,10-17,19H2,(H,33,34)/t23-,31-/m1/s1. The molecular formula is C31H31FO6. The summed E-state index contributed by atoms with van der Waals surface area (Å²) in [6, 6.07) is 18.4. The molecule has 0 radical (unpaired) electrons. The summed E-state index contributed by atoms with van der Waals surface area (Å²) in [5, 5.41) is 9.20. The number of hydrogen-bond acceptors (Lipinski definition) is 5. The third-order valence-electron chi connectivity index (χ3n) is 7.84. The van der Waals surface area contributed by atoms with Crippen molar-refractivity contribution in [2.75, 3.05) is 19.8 Å². The lowest BCUT2D eigenvalue weighted by Gasteiger charge is -2.32. The Labute approximate surface area is 221 Å². The average Bonchev–Trinajstić information content (AvgIpc) is 3.47. The average molecular weight is 519 g/mol. The first-order chi connectivity index (χ1) is 18.5. The van der Waals surface area contributed by atoms with Crippen LogP contribution in [0.3, 0.4) is 0 Å². The number of rotatable bonds is 8. The molecule has 3 aliphatic rings. The Balaban J connectivity index is 1.27. The highest BCUT2D eigenvalue weighted by atomic mass is 19.1. The van der Waals surface area contributed by atoms with Gasteiger partial charge >= 0.3 is 5.97 Å². The number of carboxylic acids is 1. The van der Waals surface area contributed by atoms with Gasteiger partial charge < -0.3 is 24.1 Å². The third-order valence-corrected chi connectivity index (χ3v) is 7.84. The smallest absolute Gasteiger partial charge is 0.304 e. The van der Waals surface area contributed by atoms with Crippen molar-refractivity contribution >= 4 is 5.97 Å². The molecule has 2 atom stereocenters. The normalized spacial score (nSPS) is 22.4. The molecular weight excluding hydrogens is 487 g/mol. The molecule has 198 valence electrons. The van der Waals surface area contributed by atoms with Gasteiger partial charge in [0.1, 0.15) is 23.1 Å². The monoisotopic (exact) mass is 518 g/mol. The van der Waals surface area contributed by atoms with Gasteiger partial charge in [0.05, 0.1) is 18.6 Å². The Morgan fingerprint density at radius 3 is 2.58 bits per heavy atom. The molecule has 0 saturated carbocycles. The first-order valence-corrected chi connectivity index (χ1v) is 13.3. The molecule has 0 spiro atoms. The number of carbonyl (C=O) groups is 1. The third kappa shape index (κ3) is 4.95. The van der Waals surface area contributed by atoms with Crippen LogP contribution in [0.15, 0.2) is 60.7 Å². The van der Waals surface area contributed by atoms with Crippen LogP contribution in [-0.4, -0.2) is 30.9 Å². The molecule has 6 nitrogen and oxygen atoms in total. The maximum atomic E-state index is 15.3. The van der Waals surface area contributed by atoms with E-state index in [0.29, 0.717) is 48.2 Å². The van der Waals surface area contributed by atoms with Gasteiger partial charge in [-0.3, -0.25) is 4.79 Å². The van der Waals surface area contributed by atoms with Gasteiger partial charge in [-0.05, 0) is 67.0 Å². The van der Waals surface area contributed by atoms with E-state index in [1.54, 1.807) is 18.2 Å². The molecule has 1 N–H and O–H groups in total. The summed E-state index contributed by atoms with van der Waals surface area (Å²) in [5.41, 5.74) is 3.35. The molecule has 1 fully saturated rings. The van der Waals surface area contributed by atoms with E-state index < -0.39 is 11.8 Å². The molecule has 7 heteroatoms. The van der Waals surface area contributed by atoms with Crippen LogP contribution in [0.25, 0.3) is 0 Å². The first kappa shape index (κ1) is 24.7. The van der Waals surface area contributed by atoms with Crippen molar-refractivity contribution in [3.63, 3.8) is 0 Å². The summed E-state index contributed by atoms with van der Waals surface area (Å²) >= 11 is 0. The van der Waals surface area contributed by atoms with Crippen molar-refractivity contribution in [2.45, 2.75) is 50.2 Å². The van der Waals surface area contributed by atoms with E-state index in [-0.39, 0.29) is 18.2 Å². The molecule has 3 aromatic rings. The Bertz CT molecular complexity index is 1320. The number of ether oxygens (including phenoxy) is 4. The minimum atomic E-state index is -1.34. The predicted octanol–water partition coefficient (Wildman–Crippen LogP) is 6.00. The second-order valence-electron chi connectivity index (χ2n) is 10.4. The van der Waals surface area contributed by atoms with E-state index in [1.165, 1.54) is 11.6 Å². The number of halogens is 1. The fraction of sp³-hybridized carbons (Fsp3) is 0.387. The Morgan fingerprint density at radius 1 is 1.03 bits per heavy atom. The Morgan fingerprint density at radius 2 is 1.79 bits per heavy atom. The molecule has 1 aliphatic carbocycles. The lowest BCUT2D eigenvalue weighted by Crippen LogP contribution is -2.38. The predicted molar refractivity (Wildman–Crippen MR) is 138 cm³/mol. The van der Waals surface area contributed by atoms with Crippen molar-refractivity contribution in [3.05, 3.63) is 88.7 Å². The highest BCUT2D eigenvalue weighted by Crippen LogP contribution is 2.45. The number of fused-ring (bicyclic) bond motifs is 2. The Kier molecular flexibility index (Phi) is 6.70. The van der Waals surface area contributed by atoms with Crippen molar-refractivity contribution in [1.82, 2.24) is 0 Å². The minimum absolute atomic E-state index is 0.00333. The zero-order chi connectivity index (χ0) is 26.1. The lowest BCUT2D eigenvalue weighted by molar-refractivity contribution is -0.137. The van der Waals surface area contributed by atoms with Crippen molar-refractivity contribution in [3.8, 4) is 17.2 Å². The van der Waals surface area contributed by atoms with Crippen LogP contribution in [-0.2, 0) is 28.2 Å². The molecule has 0 unspecified atom stereocenters. The molecule has 3 aromatic carbocycles. The highest BCUT2D eigenvalue weighted by Gasteiger charge is 2.46. The molecule has 2 heterocycles. The molecule has 0 aromatic heterocycles. The van der Waals surface area contributed by atoms with Gasteiger partial charge in [0.2, 0.25) is 0 Å². The largest absolute Gasteiger partial charge is 0.492 e. The van der Waals surface area contributed by atoms with Crippen molar-refractivity contribution in [1.29, 1.82) is 0 Å². The van der Waals surface area contributed by atoms with E-state index in [9.17, 15) is 9.90 Å². The Hall–Kier alpha value is -3.58. The van der Waals surface area contributed by atoms with Crippen LogP contribution in [0.5, 0.6) is 17.2 Å².